The van der Waals surface area contributed by atoms with Crippen LogP contribution in [0.4, 0.5) is 33.7 Å². The number of carboxylic acids is 1. The van der Waals surface area contributed by atoms with Crippen LogP contribution in [0.15, 0.2) is 41.3 Å². The number of fused-ring (bicyclic) bond motifs is 1. The van der Waals surface area contributed by atoms with Gasteiger partial charge in [0.1, 0.15) is 17.2 Å². The molecule has 1 aliphatic rings. The van der Waals surface area contributed by atoms with Crippen LogP contribution in [0.25, 0.3) is 0 Å². The Hall–Kier alpha value is -3.55. The fourth-order valence-electron chi connectivity index (χ4n) is 3.12. The predicted molar refractivity (Wildman–Crippen MR) is 114 cm³/mol. The predicted octanol–water partition coefficient (Wildman–Crippen LogP) is 4.23. The highest BCUT2D eigenvalue weighted by Crippen LogP contribution is 2.40. The Morgan fingerprint density at radius 3 is 2.37 bits per heavy atom. The molecule has 1 atom stereocenters. The normalized spacial score (nSPS) is 16.2. The molecule has 0 saturated heterocycles. The fraction of sp³-hybridized carbons (Fsp3) is 0.333. The van der Waals surface area contributed by atoms with Crippen LogP contribution < -0.4 is 14.4 Å². The Balaban J connectivity index is 2.08. The van der Waals surface area contributed by atoms with Gasteiger partial charge in [0, 0.05) is 5.69 Å². The van der Waals surface area contributed by atoms with E-state index in [0.29, 0.717) is 16.4 Å². The third kappa shape index (κ3) is 5.75. The van der Waals surface area contributed by atoms with E-state index in [-0.39, 0.29) is 23.2 Å². The molecule has 1 aliphatic heterocycles. The zero-order valence-electron chi connectivity index (χ0n) is 18.5. The molecule has 0 saturated carbocycles. The third-order valence-corrected chi connectivity index (χ3v) is 6.36. The molecule has 0 fully saturated rings. The van der Waals surface area contributed by atoms with Crippen LogP contribution in [0.5, 0.6) is 5.75 Å². The largest absolute Gasteiger partial charge is 0.478 e. The lowest BCUT2D eigenvalue weighted by molar-refractivity contribution is -0.144. The number of hydrogen-bond donors (Lipinski definition) is 2. The summed E-state index contributed by atoms with van der Waals surface area (Å²) >= 11 is 0. The number of hydrogen-bond acceptors (Lipinski definition) is 6. The molecule has 2 aromatic carbocycles. The molecule has 190 valence electrons. The van der Waals surface area contributed by atoms with E-state index in [1.54, 1.807) is 20.8 Å². The van der Waals surface area contributed by atoms with E-state index < -0.39 is 62.8 Å². The first-order valence-corrected chi connectivity index (χ1v) is 11.4. The number of nitrogens with zero attached hydrogens (tertiary/aromatic N) is 1. The van der Waals surface area contributed by atoms with Gasteiger partial charge in [0.15, 0.2) is 0 Å². The molecule has 35 heavy (non-hydrogen) atoms. The van der Waals surface area contributed by atoms with Gasteiger partial charge in [-0.1, -0.05) is 0 Å². The van der Waals surface area contributed by atoms with Crippen LogP contribution >= 0.6 is 0 Å². The van der Waals surface area contributed by atoms with E-state index in [4.69, 9.17) is 9.47 Å². The van der Waals surface area contributed by atoms with E-state index in [2.05, 4.69) is 5.32 Å². The topological polar surface area (TPSA) is 122 Å². The minimum absolute atomic E-state index is 0.0330. The number of amides is 1. The quantitative estimate of drug-likeness (QED) is 0.579. The molecule has 1 amide bonds. The molecule has 0 radical (unpaired) electrons. The first-order chi connectivity index (χ1) is 16.0. The summed E-state index contributed by atoms with van der Waals surface area (Å²) < 4.78 is 90.8. The van der Waals surface area contributed by atoms with Gasteiger partial charge in [-0.15, -0.1) is 0 Å². The fourth-order valence-corrected chi connectivity index (χ4v) is 4.61. The highest BCUT2D eigenvalue weighted by atomic mass is 32.2. The maximum atomic E-state index is 13.7. The number of anilines is 2. The molecule has 14 heteroatoms. The van der Waals surface area contributed by atoms with Crippen molar-refractivity contribution >= 4 is 33.5 Å². The second kappa shape index (κ2) is 8.91. The van der Waals surface area contributed by atoms with Crippen molar-refractivity contribution in [1.29, 1.82) is 0 Å². The van der Waals surface area contributed by atoms with Gasteiger partial charge in [-0.3, -0.25) is 9.62 Å². The van der Waals surface area contributed by atoms with E-state index in [1.807, 2.05) is 0 Å². The third-order valence-electron chi connectivity index (χ3n) is 4.58. The molecule has 9 nitrogen and oxygen atoms in total. The summed E-state index contributed by atoms with van der Waals surface area (Å²) in [5, 5.41) is 11.7. The molecular formula is C21H20F4N2O7S. The van der Waals surface area contributed by atoms with Crippen molar-refractivity contribution < 1.29 is 50.1 Å². The minimum atomic E-state index is -5.17. The van der Waals surface area contributed by atoms with Crippen LogP contribution in [0.3, 0.4) is 0 Å². The zero-order valence-corrected chi connectivity index (χ0v) is 19.3. The van der Waals surface area contributed by atoms with Crippen molar-refractivity contribution in [3.05, 3.63) is 47.8 Å². The second-order valence-corrected chi connectivity index (χ2v) is 10.3. The van der Waals surface area contributed by atoms with Crippen LogP contribution in [0.2, 0.25) is 0 Å². The van der Waals surface area contributed by atoms with Gasteiger partial charge in [0.25, 0.3) is 10.0 Å². The van der Waals surface area contributed by atoms with Crippen LogP contribution in [-0.4, -0.2) is 43.8 Å². The Morgan fingerprint density at radius 2 is 1.80 bits per heavy atom. The van der Waals surface area contributed by atoms with Gasteiger partial charge in [0.05, 0.1) is 22.7 Å². The first kappa shape index (κ1) is 26.1. The van der Waals surface area contributed by atoms with Gasteiger partial charge < -0.3 is 14.6 Å². The van der Waals surface area contributed by atoms with Crippen molar-refractivity contribution in [2.75, 3.05) is 16.2 Å². The summed E-state index contributed by atoms with van der Waals surface area (Å²) in [4.78, 5) is 22.7. The molecule has 0 aromatic heterocycles. The number of aliphatic carboxylic acids is 1. The van der Waals surface area contributed by atoms with Crippen LogP contribution in [0, 0.1) is 5.82 Å². The molecule has 0 aliphatic carbocycles. The number of ether oxygens (including phenoxy) is 2. The van der Waals surface area contributed by atoms with Crippen molar-refractivity contribution in [1.82, 2.24) is 0 Å². The molecule has 1 unspecified atom stereocenters. The van der Waals surface area contributed by atoms with Gasteiger partial charge in [-0.25, -0.2) is 22.4 Å². The highest BCUT2D eigenvalue weighted by Gasteiger charge is 2.40. The van der Waals surface area contributed by atoms with Crippen molar-refractivity contribution in [3.8, 4) is 5.75 Å². The zero-order chi connectivity index (χ0) is 26.3. The number of alkyl halides is 3. The van der Waals surface area contributed by atoms with Gasteiger partial charge in [-0.05, 0) is 57.2 Å². The van der Waals surface area contributed by atoms with Crippen LogP contribution in [0.1, 0.15) is 26.3 Å². The van der Waals surface area contributed by atoms with E-state index in [0.717, 1.165) is 6.07 Å². The Bertz CT molecular complexity index is 1270. The van der Waals surface area contributed by atoms with Gasteiger partial charge >= 0.3 is 18.2 Å². The summed E-state index contributed by atoms with van der Waals surface area (Å²) in [6, 6.07) is 4.71. The Labute approximate surface area is 197 Å². The molecule has 0 spiro atoms. The van der Waals surface area contributed by atoms with Gasteiger partial charge in [0.2, 0.25) is 6.10 Å². The second-order valence-electron chi connectivity index (χ2n) is 8.43. The number of rotatable bonds is 4. The maximum Gasteiger partial charge on any atom is 0.419 e. The number of nitrogens with one attached hydrogen (secondary N) is 1. The molecule has 0 bridgehead atoms. The standard InChI is InChI=1S/C21H20F4N2O7S/c1-20(2,3)34-19(30)26-11-4-7-16-15(8-11)27(10-17(33-16)18(28)29)35(31,32)12-5-6-14(22)13(9-12)21(23,24)25/h4-9,17H,10H2,1-3H3,(H,26,30)(H,28,29). The van der Waals surface area contributed by atoms with E-state index >= 15 is 0 Å². The van der Waals surface area contributed by atoms with E-state index in [1.165, 1.54) is 12.1 Å². The Morgan fingerprint density at radius 1 is 1.14 bits per heavy atom. The SMILES string of the molecule is CC(C)(C)OC(=O)Nc1ccc2c(c1)N(S(=O)(=O)c1ccc(F)c(C(F)(F)F)c1)CC(C(=O)O)O2. The monoisotopic (exact) mass is 520 g/mol. The lowest BCUT2D eigenvalue weighted by atomic mass is 10.2. The number of sulfonamides is 1. The van der Waals surface area contributed by atoms with Crippen molar-refractivity contribution in [3.63, 3.8) is 0 Å². The molecule has 2 aromatic rings. The van der Waals surface area contributed by atoms with Crippen molar-refractivity contribution in [2.45, 2.75) is 43.5 Å². The molecule has 3 rings (SSSR count). The molecule has 2 N–H and O–H groups in total. The average Bonchev–Trinajstić information content (AvgIpc) is 2.70. The van der Waals surface area contributed by atoms with Crippen molar-refractivity contribution in [2.24, 2.45) is 0 Å². The smallest absolute Gasteiger partial charge is 0.419 e. The highest BCUT2D eigenvalue weighted by molar-refractivity contribution is 7.92. The summed E-state index contributed by atoms with van der Waals surface area (Å²) in [6.45, 7) is 4.04. The molecule has 1 heterocycles. The van der Waals surface area contributed by atoms with Gasteiger partial charge in [-0.2, -0.15) is 13.2 Å². The first-order valence-electron chi connectivity index (χ1n) is 9.92. The summed E-state index contributed by atoms with van der Waals surface area (Å²) in [7, 11) is -4.84. The van der Waals surface area contributed by atoms with E-state index in [9.17, 15) is 40.7 Å². The maximum absolute atomic E-state index is 13.7. The minimum Gasteiger partial charge on any atom is -0.478 e. The molecular weight excluding hydrogens is 500 g/mol. The number of carbonyl (C=O) groups is 2. The summed E-state index contributed by atoms with van der Waals surface area (Å²) in [5.41, 5.74) is -2.87. The average molecular weight is 520 g/mol. The summed E-state index contributed by atoms with van der Waals surface area (Å²) in [6.07, 6.45) is -7.74. The number of halogens is 4. The summed E-state index contributed by atoms with van der Waals surface area (Å²) in [5.74, 6) is -3.42. The number of carboxylic acid groups (broad SMARTS) is 1. The lowest BCUT2D eigenvalue weighted by Gasteiger charge is -2.34. The Kier molecular flexibility index (Phi) is 6.63. The number of carbonyl (C=O) groups excluding carboxylic acids is 1. The number of benzene rings is 2. The van der Waals surface area contributed by atoms with Crippen LogP contribution in [-0.2, 0) is 25.7 Å². The lowest BCUT2D eigenvalue weighted by Crippen LogP contribution is -2.47.